The number of furan rings is 1. The van der Waals surface area contributed by atoms with Crippen molar-refractivity contribution in [2.45, 2.75) is 19.4 Å². The van der Waals surface area contributed by atoms with Gasteiger partial charge < -0.3 is 9.73 Å². The molecule has 1 atom stereocenters. The van der Waals surface area contributed by atoms with Crippen LogP contribution in [0.1, 0.15) is 35.5 Å². The predicted molar refractivity (Wildman–Crippen MR) is 67.4 cm³/mol. The molecule has 1 N–H and O–H groups in total. The first-order chi connectivity index (χ1) is 9.11. The van der Waals surface area contributed by atoms with Gasteiger partial charge in [0.1, 0.15) is 0 Å². The number of ketones is 1. The number of hydrogen-bond donors (Lipinski definition) is 1. The minimum absolute atomic E-state index is 0.0403. The maximum Gasteiger partial charge on any atom is 0.296 e. The van der Waals surface area contributed by atoms with E-state index in [4.69, 9.17) is 4.42 Å². The summed E-state index contributed by atoms with van der Waals surface area (Å²) in [6.45, 7) is 1.93. The summed E-state index contributed by atoms with van der Waals surface area (Å²) in [5, 5.41) is 6.73. The van der Waals surface area contributed by atoms with Crippen molar-refractivity contribution in [1.29, 1.82) is 0 Å². The van der Waals surface area contributed by atoms with E-state index in [-0.39, 0.29) is 11.8 Å². The highest BCUT2D eigenvalue weighted by Crippen LogP contribution is 2.15. The van der Waals surface area contributed by atoms with Gasteiger partial charge in [-0.15, -0.1) is 0 Å². The normalized spacial score (nSPS) is 12.1. The Bertz CT molecular complexity index is 572. The van der Waals surface area contributed by atoms with Gasteiger partial charge in [0, 0.05) is 18.8 Å². The third kappa shape index (κ3) is 2.90. The average Bonchev–Trinajstić information content (AvgIpc) is 3.05. The molecule has 0 saturated carbocycles. The number of rotatable bonds is 5. The molecule has 19 heavy (non-hydrogen) atoms. The maximum atomic E-state index is 11.8. The Kier molecular flexibility index (Phi) is 3.79. The number of carbonyl (C=O) groups is 2. The molecule has 0 aromatic carbocycles. The van der Waals surface area contributed by atoms with Crippen LogP contribution in [-0.2, 0) is 11.8 Å². The summed E-state index contributed by atoms with van der Waals surface area (Å²) in [4.78, 5) is 23.6. The Balaban J connectivity index is 2.06. The van der Waals surface area contributed by atoms with Crippen LogP contribution in [0.4, 0.5) is 0 Å². The monoisotopic (exact) mass is 261 g/mol. The zero-order valence-electron chi connectivity index (χ0n) is 10.8. The van der Waals surface area contributed by atoms with Gasteiger partial charge in [0.2, 0.25) is 0 Å². The largest absolute Gasteiger partial charge is 0.461 e. The number of Topliss-reactive ketones (excluding diaryl/α,β-unsaturated/α-hetero) is 1. The van der Waals surface area contributed by atoms with E-state index in [9.17, 15) is 9.59 Å². The summed E-state index contributed by atoms with van der Waals surface area (Å²) >= 11 is 0. The Morgan fingerprint density at radius 1 is 1.53 bits per heavy atom. The lowest BCUT2D eigenvalue weighted by Crippen LogP contribution is -2.33. The lowest BCUT2D eigenvalue weighted by molar-refractivity contribution is -0.117. The van der Waals surface area contributed by atoms with Crippen molar-refractivity contribution in [2.75, 3.05) is 0 Å². The molecule has 0 aliphatic carbocycles. The van der Waals surface area contributed by atoms with Gasteiger partial charge in [-0.3, -0.25) is 14.3 Å². The van der Waals surface area contributed by atoms with Crippen molar-refractivity contribution in [3.63, 3.8) is 0 Å². The zero-order valence-corrected chi connectivity index (χ0v) is 10.8. The van der Waals surface area contributed by atoms with E-state index in [0.717, 1.165) is 5.56 Å². The average molecular weight is 261 g/mol. The maximum absolute atomic E-state index is 11.8. The molecule has 2 aromatic rings. The van der Waals surface area contributed by atoms with Crippen LogP contribution < -0.4 is 5.32 Å². The van der Waals surface area contributed by atoms with Crippen molar-refractivity contribution in [2.24, 2.45) is 7.05 Å². The second-order valence-corrected chi connectivity index (χ2v) is 4.19. The minimum atomic E-state index is -0.675. The van der Waals surface area contributed by atoms with Crippen LogP contribution in [0.25, 0.3) is 0 Å². The summed E-state index contributed by atoms with van der Waals surface area (Å²) in [7, 11) is 1.80. The number of amides is 1. The SMILES string of the molecule is CCC(NC(=O)C(=O)c1ccco1)c1cnn(C)c1. The number of nitrogens with zero attached hydrogens (tertiary/aromatic N) is 2. The standard InChI is InChI=1S/C13H15N3O3/c1-3-10(9-7-14-16(2)8-9)15-13(18)12(17)11-5-4-6-19-11/h4-8,10H,3H2,1-2H3,(H,15,18). The summed E-state index contributed by atoms with van der Waals surface area (Å²) in [6, 6.07) is 2.80. The molecule has 2 rings (SSSR count). The van der Waals surface area contributed by atoms with E-state index in [1.165, 1.54) is 12.3 Å². The summed E-state index contributed by atoms with van der Waals surface area (Å²) < 4.78 is 6.57. The number of nitrogens with one attached hydrogen (secondary N) is 1. The number of aryl methyl sites for hydroxylation is 1. The Morgan fingerprint density at radius 3 is 2.84 bits per heavy atom. The fourth-order valence-corrected chi connectivity index (χ4v) is 1.78. The van der Waals surface area contributed by atoms with Gasteiger partial charge in [-0.2, -0.15) is 5.10 Å². The van der Waals surface area contributed by atoms with Crippen molar-refractivity contribution in [3.8, 4) is 0 Å². The molecule has 0 spiro atoms. The van der Waals surface area contributed by atoms with Crippen LogP contribution in [0.3, 0.4) is 0 Å². The van der Waals surface area contributed by atoms with Crippen molar-refractivity contribution >= 4 is 11.7 Å². The van der Waals surface area contributed by atoms with E-state index in [1.807, 2.05) is 13.1 Å². The van der Waals surface area contributed by atoms with Crippen LogP contribution in [0.5, 0.6) is 0 Å². The van der Waals surface area contributed by atoms with Gasteiger partial charge in [0.15, 0.2) is 5.76 Å². The van der Waals surface area contributed by atoms with Crippen LogP contribution in [0, 0.1) is 0 Å². The van der Waals surface area contributed by atoms with Crippen molar-refractivity contribution in [1.82, 2.24) is 15.1 Å². The van der Waals surface area contributed by atoms with E-state index in [0.29, 0.717) is 6.42 Å². The van der Waals surface area contributed by atoms with Crippen molar-refractivity contribution in [3.05, 3.63) is 42.1 Å². The van der Waals surface area contributed by atoms with Crippen LogP contribution in [0.15, 0.2) is 35.2 Å². The molecule has 0 fully saturated rings. The van der Waals surface area contributed by atoms with Crippen LogP contribution >= 0.6 is 0 Å². The van der Waals surface area contributed by atoms with Crippen molar-refractivity contribution < 1.29 is 14.0 Å². The van der Waals surface area contributed by atoms with Gasteiger partial charge in [-0.1, -0.05) is 6.92 Å². The second kappa shape index (κ2) is 5.51. The quantitative estimate of drug-likeness (QED) is 0.653. The Hall–Kier alpha value is -2.37. The lowest BCUT2D eigenvalue weighted by atomic mass is 10.1. The Morgan fingerprint density at radius 2 is 2.32 bits per heavy atom. The highest BCUT2D eigenvalue weighted by Gasteiger charge is 2.22. The molecule has 100 valence electrons. The fraction of sp³-hybridized carbons (Fsp3) is 0.308. The topological polar surface area (TPSA) is 77.1 Å². The smallest absolute Gasteiger partial charge is 0.296 e. The number of aromatic nitrogens is 2. The second-order valence-electron chi connectivity index (χ2n) is 4.19. The summed E-state index contributed by atoms with van der Waals surface area (Å²) in [5.74, 6) is -1.31. The van der Waals surface area contributed by atoms with Gasteiger partial charge in [-0.05, 0) is 18.6 Å². The molecule has 0 saturated heterocycles. The molecule has 0 aliphatic rings. The lowest BCUT2D eigenvalue weighted by Gasteiger charge is -2.14. The molecule has 6 nitrogen and oxygen atoms in total. The van der Waals surface area contributed by atoms with E-state index in [1.54, 1.807) is 24.0 Å². The van der Waals surface area contributed by atoms with Gasteiger partial charge in [0.25, 0.3) is 11.7 Å². The molecule has 6 heteroatoms. The summed E-state index contributed by atoms with van der Waals surface area (Å²) in [5.41, 5.74) is 0.866. The van der Waals surface area contributed by atoms with Crippen LogP contribution in [-0.4, -0.2) is 21.5 Å². The molecule has 0 radical (unpaired) electrons. The number of hydrogen-bond acceptors (Lipinski definition) is 4. The molecule has 0 bridgehead atoms. The summed E-state index contributed by atoms with van der Waals surface area (Å²) in [6.07, 6.45) is 5.51. The third-order valence-corrected chi connectivity index (χ3v) is 2.79. The molecule has 2 aromatic heterocycles. The van der Waals surface area contributed by atoms with E-state index in [2.05, 4.69) is 10.4 Å². The molecular formula is C13H15N3O3. The predicted octanol–water partition coefficient (Wildman–Crippen LogP) is 1.46. The zero-order chi connectivity index (χ0) is 13.8. The van der Waals surface area contributed by atoms with Gasteiger partial charge >= 0.3 is 0 Å². The third-order valence-electron chi connectivity index (χ3n) is 2.79. The highest BCUT2D eigenvalue weighted by molar-refractivity contribution is 6.42. The minimum Gasteiger partial charge on any atom is -0.461 e. The van der Waals surface area contributed by atoms with Crippen LogP contribution in [0.2, 0.25) is 0 Å². The van der Waals surface area contributed by atoms with E-state index >= 15 is 0 Å². The highest BCUT2D eigenvalue weighted by atomic mass is 16.3. The van der Waals surface area contributed by atoms with Gasteiger partial charge in [-0.25, -0.2) is 0 Å². The molecule has 1 amide bonds. The Labute approximate surface area is 110 Å². The first kappa shape index (κ1) is 13.1. The fourth-order valence-electron chi connectivity index (χ4n) is 1.78. The molecule has 0 aliphatic heterocycles. The first-order valence-electron chi connectivity index (χ1n) is 5.99. The number of carbonyl (C=O) groups excluding carboxylic acids is 2. The van der Waals surface area contributed by atoms with Gasteiger partial charge in [0.05, 0.1) is 18.5 Å². The molecule has 1 unspecified atom stereocenters. The van der Waals surface area contributed by atoms with E-state index < -0.39 is 11.7 Å². The molecular weight excluding hydrogens is 246 g/mol. The first-order valence-corrected chi connectivity index (χ1v) is 5.99. The molecule has 2 heterocycles.